The molecule has 0 aliphatic heterocycles. The van der Waals surface area contributed by atoms with Crippen LogP contribution in [-0.2, 0) is 0 Å². The molecule has 116 valence electrons. The molecule has 3 aromatic rings. The van der Waals surface area contributed by atoms with Gasteiger partial charge in [0.15, 0.2) is 17.4 Å². The fourth-order valence-corrected chi connectivity index (χ4v) is 2.40. The summed E-state index contributed by atoms with van der Waals surface area (Å²) >= 11 is 6.21. The van der Waals surface area contributed by atoms with Crippen molar-refractivity contribution in [2.24, 2.45) is 0 Å². The highest BCUT2D eigenvalue weighted by Gasteiger charge is 2.08. The zero-order valence-electron chi connectivity index (χ0n) is 12.1. The first-order valence-corrected chi connectivity index (χ1v) is 7.16. The second-order valence-corrected chi connectivity index (χ2v) is 5.23. The summed E-state index contributed by atoms with van der Waals surface area (Å²) in [5.41, 5.74) is 0.792. The average Bonchev–Trinajstić information content (AvgIpc) is 2.55. The Hall–Kier alpha value is -2.66. The molecular formula is C17H12ClFN2O2. The van der Waals surface area contributed by atoms with E-state index in [0.29, 0.717) is 16.5 Å². The van der Waals surface area contributed by atoms with Gasteiger partial charge in [-0.2, -0.15) is 0 Å². The number of halogens is 2. The largest absolute Gasteiger partial charge is 0.494 e. The van der Waals surface area contributed by atoms with Gasteiger partial charge < -0.3 is 9.72 Å². The third-order valence-corrected chi connectivity index (χ3v) is 3.60. The number of hydrogen-bond donors (Lipinski definition) is 1. The number of fused-ring (bicyclic) bond motifs is 1. The maximum Gasteiger partial charge on any atom is 0.259 e. The second kappa shape index (κ2) is 6.22. The molecule has 0 aliphatic carbocycles. The van der Waals surface area contributed by atoms with Gasteiger partial charge in [-0.3, -0.25) is 4.79 Å². The highest BCUT2D eigenvalue weighted by molar-refractivity contribution is 6.50. The molecule has 3 rings (SSSR count). The number of nitrogens with one attached hydrogen (secondary N) is 1. The fraction of sp³-hybridized carbons (Fsp3) is 0.0588. The van der Waals surface area contributed by atoms with Crippen LogP contribution in [0, 0.1) is 5.82 Å². The standard InChI is InChI=1S/C17H12ClFN2O2/c1-23-15-7-6-10(9-13(15)19)8-12(18)16-20-14-5-3-2-4-11(14)17(22)21-16/h2-9H,1H3,(H,20,21,22). The van der Waals surface area contributed by atoms with Crippen molar-refractivity contribution in [2.45, 2.75) is 0 Å². The summed E-state index contributed by atoms with van der Waals surface area (Å²) in [4.78, 5) is 19.0. The number of rotatable bonds is 3. The van der Waals surface area contributed by atoms with Gasteiger partial charge >= 0.3 is 0 Å². The number of aromatic amines is 1. The first-order chi connectivity index (χ1) is 11.1. The van der Waals surface area contributed by atoms with E-state index in [0.717, 1.165) is 0 Å². The van der Waals surface area contributed by atoms with Crippen LogP contribution in [0.1, 0.15) is 11.4 Å². The molecule has 0 bridgehead atoms. The van der Waals surface area contributed by atoms with Crippen molar-refractivity contribution >= 4 is 33.6 Å². The van der Waals surface area contributed by atoms with Gasteiger partial charge in [0.2, 0.25) is 0 Å². The van der Waals surface area contributed by atoms with E-state index in [1.165, 1.54) is 25.3 Å². The zero-order chi connectivity index (χ0) is 16.4. The maximum absolute atomic E-state index is 13.7. The van der Waals surface area contributed by atoms with Gasteiger partial charge in [0, 0.05) is 0 Å². The molecule has 1 N–H and O–H groups in total. The lowest BCUT2D eigenvalue weighted by atomic mass is 10.2. The number of para-hydroxylation sites is 1. The molecule has 1 heterocycles. The zero-order valence-corrected chi connectivity index (χ0v) is 12.9. The van der Waals surface area contributed by atoms with Crippen molar-refractivity contribution < 1.29 is 9.13 Å². The van der Waals surface area contributed by atoms with Crippen molar-refractivity contribution in [1.82, 2.24) is 9.97 Å². The van der Waals surface area contributed by atoms with Crippen LogP contribution in [0.25, 0.3) is 22.0 Å². The molecule has 2 aromatic carbocycles. The number of H-pyrrole nitrogens is 1. The van der Waals surface area contributed by atoms with Crippen LogP contribution >= 0.6 is 11.6 Å². The Kier molecular flexibility index (Phi) is 4.12. The first kappa shape index (κ1) is 15.2. The van der Waals surface area contributed by atoms with E-state index < -0.39 is 5.82 Å². The first-order valence-electron chi connectivity index (χ1n) is 6.78. The molecule has 23 heavy (non-hydrogen) atoms. The summed E-state index contributed by atoms with van der Waals surface area (Å²) in [6.45, 7) is 0. The van der Waals surface area contributed by atoms with Crippen molar-refractivity contribution in [3.8, 4) is 5.75 Å². The molecule has 0 spiro atoms. The Labute approximate surface area is 136 Å². The van der Waals surface area contributed by atoms with Crippen LogP contribution in [0.3, 0.4) is 0 Å². The third-order valence-electron chi connectivity index (χ3n) is 3.31. The molecule has 0 saturated carbocycles. The number of benzene rings is 2. The van der Waals surface area contributed by atoms with Crippen LogP contribution in [0.15, 0.2) is 47.3 Å². The Morgan fingerprint density at radius 3 is 2.83 bits per heavy atom. The summed E-state index contributed by atoms with van der Waals surface area (Å²) in [6.07, 6.45) is 1.52. The highest BCUT2D eigenvalue weighted by Crippen LogP contribution is 2.23. The van der Waals surface area contributed by atoms with Gasteiger partial charge in [0.25, 0.3) is 5.56 Å². The van der Waals surface area contributed by atoms with Crippen LogP contribution in [0.2, 0.25) is 0 Å². The monoisotopic (exact) mass is 330 g/mol. The summed E-state index contributed by atoms with van der Waals surface area (Å²) in [5.74, 6) is -0.118. The molecule has 4 nitrogen and oxygen atoms in total. The van der Waals surface area contributed by atoms with Gasteiger partial charge in [-0.05, 0) is 35.9 Å². The lowest BCUT2D eigenvalue weighted by Crippen LogP contribution is -2.10. The van der Waals surface area contributed by atoms with Crippen molar-refractivity contribution in [2.75, 3.05) is 7.11 Å². The molecule has 6 heteroatoms. The molecule has 0 unspecified atom stereocenters. The lowest BCUT2D eigenvalue weighted by molar-refractivity contribution is 0.386. The topological polar surface area (TPSA) is 55.0 Å². The van der Waals surface area contributed by atoms with Gasteiger partial charge in [0.05, 0.1) is 23.0 Å². The van der Waals surface area contributed by atoms with E-state index in [2.05, 4.69) is 9.97 Å². The van der Waals surface area contributed by atoms with E-state index in [4.69, 9.17) is 16.3 Å². The number of ether oxygens (including phenoxy) is 1. The normalized spacial score (nSPS) is 11.7. The quantitative estimate of drug-likeness (QED) is 0.794. The highest BCUT2D eigenvalue weighted by atomic mass is 35.5. The molecule has 0 saturated heterocycles. The van der Waals surface area contributed by atoms with Crippen LogP contribution in [0.5, 0.6) is 5.75 Å². The van der Waals surface area contributed by atoms with E-state index in [1.807, 2.05) is 0 Å². The van der Waals surface area contributed by atoms with Crippen LogP contribution in [-0.4, -0.2) is 17.1 Å². The smallest absolute Gasteiger partial charge is 0.259 e. The Morgan fingerprint density at radius 2 is 2.09 bits per heavy atom. The minimum absolute atomic E-state index is 0.149. The van der Waals surface area contributed by atoms with E-state index in [9.17, 15) is 9.18 Å². The van der Waals surface area contributed by atoms with E-state index in [-0.39, 0.29) is 22.2 Å². The molecular weight excluding hydrogens is 319 g/mol. The summed E-state index contributed by atoms with van der Waals surface area (Å²) in [6, 6.07) is 11.4. The van der Waals surface area contributed by atoms with Crippen molar-refractivity contribution in [3.63, 3.8) is 0 Å². The molecule has 0 aliphatic rings. The van der Waals surface area contributed by atoms with E-state index in [1.54, 1.807) is 30.3 Å². The van der Waals surface area contributed by atoms with Gasteiger partial charge in [-0.25, -0.2) is 9.37 Å². The number of aromatic nitrogens is 2. The summed E-state index contributed by atoms with van der Waals surface area (Å²) in [5, 5.41) is 0.689. The number of nitrogens with zero attached hydrogens (tertiary/aromatic N) is 1. The fourth-order valence-electron chi connectivity index (χ4n) is 2.19. The van der Waals surface area contributed by atoms with Crippen molar-refractivity contribution in [3.05, 3.63) is 70.0 Å². The minimum Gasteiger partial charge on any atom is -0.494 e. The molecule has 0 atom stereocenters. The van der Waals surface area contributed by atoms with Crippen LogP contribution in [0.4, 0.5) is 4.39 Å². The number of methoxy groups -OCH3 is 1. The molecule has 0 amide bonds. The second-order valence-electron chi connectivity index (χ2n) is 4.82. The Morgan fingerprint density at radius 1 is 1.30 bits per heavy atom. The van der Waals surface area contributed by atoms with Gasteiger partial charge in [0.1, 0.15) is 0 Å². The van der Waals surface area contributed by atoms with Gasteiger partial charge in [-0.15, -0.1) is 0 Å². The molecule has 0 fully saturated rings. The van der Waals surface area contributed by atoms with Crippen LogP contribution < -0.4 is 10.3 Å². The molecule has 1 aromatic heterocycles. The van der Waals surface area contributed by atoms with E-state index >= 15 is 0 Å². The number of hydrogen-bond acceptors (Lipinski definition) is 3. The minimum atomic E-state index is -0.495. The SMILES string of the molecule is COc1ccc(C=C(Cl)c2nc3ccccc3c(=O)[nH]2)cc1F. The third kappa shape index (κ3) is 3.10. The predicted octanol–water partition coefficient (Wildman–Crippen LogP) is 3.81. The average molecular weight is 331 g/mol. The molecule has 0 radical (unpaired) electrons. The maximum atomic E-state index is 13.7. The predicted molar refractivity (Wildman–Crippen MR) is 89.0 cm³/mol. The Bertz CT molecular complexity index is 966. The Balaban J connectivity index is 2.04. The van der Waals surface area contributed by atoms with Gasteiger partial charge in [-0.1, -0.05) is 29.8 Å². The summed E-state index contributed by atoms with van der Waals surface area (Å²) in [7, 11) is 1.39. The van der Waals surface area contributed by atoms with Crippen molar-refractivity contribution in [1.29, 1.82) is 0 Å². The lowest BCUT2D eigenvalue weighted by Gasteiger charge is -2.04. The summed E-state index contributed by atoms with van der Waals surface area (Å²) < 4.78 is 18.6.